The van der Waals surface area contributed by atoms with Gasteiger partial charge in [0.2, 0.25) is 17.6 Å². The van der Waals surface area contributed by atoms with Gasteiger partial charge in [0, 0.05) is 36.3 Å². The minimum Gasteiger partial charge on any atom is -0.461 e. The quantitative estimate of drug-likeness (QED) is 0.221. The zero-order valence-corrected chi connectivity index (χ0v) is 23.7. The molecule has 5 rings (SSSR count). The van der Waals surface area contributed by atoms with Crippen LogP contribution in [0.15, 0.2) is 64.3 Å². The van der Waals surface area contributed by atoms with Crippen molar-refractivity contribution in [3.05, 3.63) is 76.3 Å². The van der Waals surface area contributed by atoms with Crippen molar-refractivity contribution in [3.63, 3.8) is 0 Å². The minimum absolute atomic E-state index is 0.0175. The van der Waals surface area contributed by atoms with E-state index in [2.05, 4.69) is 10.6 Å². The summed E-state index contributed by atoms with van der Waals surface area (Å²) in [6, 6.07) is 15.1. The molecule has 1 unspecified atom stereocenters. The maximum atomic E-state index is 13.7. The van der Waals surface area contributed by atoms with Crippen LogP contribution < -0.4 is 10.6 Å². The fourth-order valence-corrected chi connectivity index (χ4v) is 5.59. The highest BCUT2D eigenvalue weighted by Gasteiger charge is 2.32. The highest BCUT2D eigenvalue weighted by atomic mass is 35.5. The topological polar surface area (TPSA) is 119 Å². The van der Waals surface area contributed by atoms with Crippen LogP contribution in [-0.4, -0.2) is 59.6 Å². The number of furan rings is 1. The number of nitrogens with zero attached hydrogens (tertiary/aromatic N) is 3. The first-order valence-corrected chi connectivity index (χ1v) is 14.3. The van der Waals surface area contributed by atoms with Crippen molar-refractivity contribution < 1.29 is 18.8 Å². The van der Waals surface area contributed by atoms with Crippen LogP contribution in [0.5, 0.6) is 0 Å². The number of amides is 2. The molecule has 0 saturated carbocycles. The van der Waals surface area contributed by atoms with Crippen LogP contribution in [0.3, 0.4) is 0 Å². The number of nitriles is 1. The number of halogens is 1. The Hall–Kier alpha value is -4.29. The van der Waals surface area contributed by atoms with Crippen molar-refractivity contribution >= 4 is 45.9 Å². The maximum Gasteiger partial charge on any atom is 0.245 e. The molecule has 2 aliphatic heterocycles. The molecule has 2 N–H and O–H groups in total. The highest BCUT2D eigenvalue weighted by molar-refractivity contribution is 6.35. The lowest BCUT2D eigenvalue weighted by atomic mass is 10.0. The zero-order chi connectivity index (χ0) is 28.9. The first-order chi connectivity index (χ1) is 19.8. The van der Waals surface area contributed by atoms with E-state index in [-0.39, 0.29) is 40.3 Å². The Bertz CT molecular complexity index is 1550. The fraction of sp³-hybridized carbons (Fsp3) is 0.355. The van der Waals surface area contributed by atoms with Crippen molar-refractivity contribution in [2.45, 2.75) is 45.1 Å². The van der Waals surface area contributed by atoms with Gasteiger partial charge < -0.3 is 24.9 Å². The Labute approximate surface area is 243 Å². The Balaban J connectivity index is 1.47. The molecule has 0 radical (unpaired) electrons. The summed E-state index contributed by atoms with van der Waals surface area (Å²) in [5, 5.41) is 17.6. The summed E-state index contributed by atoms with van der Waals surface area (Å²) in [5.41, 5.74) is 1.27. The number of aryl methyl sites for hydroxylation is 1. The largest absolute Gasteiger partial charge is 0.461 e. The Morgan fingerprint density at radius 2 is 1.83 bits per heavy atom. The third kappa shape index (κ3) is 6.39. The van der Waals surface area contributed by atoms with E-state index in [4.69, 9.17) is 16.0 Å². The van der Waals surface area contributed by atoms with Crippen molar-refractivity contribution in [3.8, 4) is 6.07 Å². The molecule has 2 aliphatic rings. The van der Waals surface area contributed by atoms with Gasteiger partial charge in [-0.3, -0.25) is 14.4 Å². The van der Waals surface area contributed by atoms with E-state index < -0.39 is 11.8 Å². The van der Waals surface area contributed by atoms with Crippen LogP contribution in [-0.2, 0) is 9.59 Å². The molecule has 10 heteroatoms. The molecular weight excluding hydrogens is 542 g/mol. The van der Waals surface area contributed by atoms with Crippen LogP contribution in [0, 0.1) is 18.3 Å². The number of hydrogen-bond donors (Lipinski definition) is 2. The van der Waals surface area contributed by atoms with Crippen molar-refractivity contribution in [2.75, 3.05) is 31.5 Å². The van der Waals surface area contributed by atoms with Gasteiger partial charge in [0.15, 0.2) is 0 Å². The van der Waals surface area contributed by atoms with Crippen LogP contribution in [0.2, 0.25) is 5.02 Å². The average molecular weight is 574 g/mol. The first-order valence-electron chi connectivity index (χ1n) is 13.9. The molecule has 3 aromatic rings. The van der Waals surface area contributed by atoms with E-state index in [0.29, 0.717) is 24.2 Å². The van der Waals surface area contributed by atoms with Gasteiger partial charge in [-0.15, -0.1) is 0 Å². The Morgan fingerprint density at radius 1 is 1.07 bits per heavy atom. The van der Waals surface area contributed by atoms with Crippen LogP contribution in [0.1, 0.15) is 48.2 Å². The molecule has 1 aromatic heterocycles. The number of allylic oxidation sites excluding steroid dienone is 1. The summed E-state index contributed by atoms with van der Waals surface area (Å²) in [6.45, 7) is 3.78. The Kier molecular flexibility index (Phi) is 8.60. The number of hydrogen-bond acceptors (Lipinski definition) is 7. The van der Waals surface area contributed by atoms with E-state index in [1.54, 1.807) is 46.2 Å². The number of rotatable bonds is 8. The van der Waals surface area contributed by atoms with E-state index in [1.807, 2.05) is 25.1 Å². The summed E-state index contributed by atoms with van der Waals surface area (Å²) in [7, 11) is 0. The van der Waals surface area contributed by atoms with Crippen LogP contribution in [0.25, 0.3) is 11.0 Å². The van der Waals surface area contributed by atoms with E-state index in [9.17, 15) is 19.6 Å². The van der Waals surface area contributed by atoms with Gasteiger partial charge >= 0.3 is 0 Å². The lowest BCUT2D eigenvalue weighted by Crippen LogP contribution is -2.49. The molecule has 2 aromatic carbocycles. The van der Waals surface area contributed by atoms with Gasteiger partial charge in [-0.05, 0) is 75.4 Å². The van der Waals surface area contributed by atoms with Gasteiger partial charge in [0.25, 0.3) is 0 Å². The molecule has 2 fully saturated rings. The van der Waals surface area contributed by atoms with Gasteiger partial charge in [-0.2, -0.15) is 5.26 Å². The number of Topliss-reactive ketones (excluding diaryl/α,β-unsaturated/α-hetero) is 1. The summed E-state index contributed by atoms with van der Waals surface area (Å²) in [4.78, 5) is 43.6. The van der Waals surface area contributed by atoms with Gasteiger partial charge in [-0.1, -0.05) is 23.7 Å². The second-order valence-corrected chi connectivity index (χ2v) is 10.9. The molecular formula is C31H32ClN5O4. The lowest BCUT2D eigenvalue weighted by molar-refractivity contribution is -0.140. The van der Waals surface area contributed by atoms with Gasteiger partial charge in [0.05, 0.1) is 11.6 Å². The third-order valence-electron chi connectivity index (χ3n) is 7.50. The van der Waals surface area contributed by atoms with Gasteiger partial charge in [-0.25, -0.2) is 0 Å². The third-order valence-corrected chi connectivity index (χ3v) is 7.83. The number of benzene rings is 2. The molecule has 0 bridgehead atoms. The molecule has 212 valence electrons. The summed E-state index contributed by atoms with van der Waals surface area (Å²) in [6.07, 6.45) is 3.93. The molecule has 41 heavy (non-hydrogen) atoms. The maximum absolute atomic E-state index is 13.7. The van der Waals surface area contributed by atoms with E-state index in [0.717, 1.165) is 49.9 Å². The fourth-order valence-electron chi connectivity index (χ4n) is 5.37. The molecule has 0 spiro atoms. The number of carbonyl (C=O) groups is 3. The number of anilines is 1. The second-order valence-electron chi connectivity index (χ2n) is 10.4. The summed E-state index contributed by atoms with van der Waals surface area (Å²) < 4.78 is 5.68. The molecule has 2 saturated heterocycles. The van der Waals surface area contributed by atoms with Crippen LogP contribution in [0.4, 0.5) is 5.69 Å². The summed E-state index contributed by atoms with van der Waals surface area (Å²) >= 11 is 6.31. The number of ketones is 1. The molecule has 9 nitrogen and oxygen atoms in total. The number of carbonyl (C=O) groups excluding carboxylic acids is 3. The SMILES string of the molecule is Cc1cc2cc(N/C(NC3CCCCN(CC(=O)N4CCCC4)C3=O)=C(\C#N)C(=O)c3ccccc3Cl)ccc2o1. The highest BCUT2D eigenvalue weighted by Crippen LogP contribution is 2.26. The van der Waals surface area contributed by atoms with Crippen LogP contribution >= 0.6 is 11.6 Å². The monoisotopic (exact) mass is 573 g/mol. The van der Waals surface area contributed by atoms with E-state index in [1.165, 1.54) is 0 Å². The zero-order valence-electron chi connectivity index (χ0n) is 22.9. The smallest absolute Gasteiger partial charge is 0.245 e. The molecule has 2 amide bonds. The number of likely N-dealkylation sites (tertiary alicyclic amines) is 2. The number of fused-ring (bicyclic) bond motifs is 1. The predicted octanol–water partition coefficient (Wildman–Crippen LogP) is 5.02. The van der Waals surface area contributed by atoms with Gasteiger partial charge in [0.1, 0.15) is 34.8 Å². The molecule has 3 heterocycles. The normalized spacial score (nSPS) is 18.1. The first kappa shape index (κ1) is 28.2. The predicted molar refractivity (Wildman–Crippen MR) is 156 cm³/mol. The summed E-state index contributed by atoms with van der Waals surface area (Å²) in [5.74, 6) is -0.0118. The minimum atomic E-state index is -0.742. The average Bonchev–Trinajstić information content (AvgIpc) is 3.59. The van der Waals surface area contributed by atoms with E-state index >= 15 is 0 Å². The van der Waals surface area contributed by atoms with Crippen molar-refractivity contribution in [1.29, 1.82) is 5.26 Å². The Morgan fingerprint density at radius 3 is 2.59 bits per heavy atom. The molecule has 0 aliphatic carbocycles. The standard InChI is InChI=1S/C31H32ClN5O4/c1-20-16-21-17-22(11-12-27(21)41-20)34-30(24(18-33)29(39)23-8-2-3-9-25(23)32)35-26-10-4-5-15-37(31(26)40)19-28(38)36-13-6-7-14-36/h2-3,8-9,11-12,16-17,26,34-35H,4-7,10,13-15,19H2,1H3/b30-24-. The molecule has 1 atom stereocenters. The lowest BCUT2D eigenvalue weighted by Gasteiger charge is -2.28. The van der Waals surface area contributed by atoms with Crippen molar-refractivity contribution in [2.24, 2.45) is 0 Å². The number of nitrogens with one attached hydrogen (secondary N) is 2. The van der Waals surface area contributed by atoms with Crippen molar-refractivity contribution in [1.82, 2.24) is 15.1 Å². The second kappa shape index (κ2) is 12.5.